The molecule has 1 aliphatic rings. The van der Waals surface area contributed by atoms with E-state index in [1.54, 1.807) is 0 Å². The maximum atomic E-state index is 5.64. The molecule has 1 atom stereocenters. The lowest BCUT2D eigenvalue weighted by atomic mass is 9.95. The van der Waals surface area contributed by atoms with Crippen molar-refractivity contribution >= 4 is 12.6 Å². The smallest absolute Gasteiger partial charge is 0.0700 e. The molecule has 1 rings (SSSR count). The van der Waals surface area contributed by atoms with Crippen LogP contribution in [0.2, 0.25) is 0 Å². The average Bonchev–Trinajstić information content (AvgIpc) is 2.17. The monoisotopic (exact) mass is 217 g/mol. The highest BCUT2D eigenvalue weighted by Gasteiger charge is 2.24. The van der Waals surface area contributed by atoms with Gasteiger partial charge in [-0.1, -0.05) is 20.8 Å². The van der Waals surface area contributed by atoms with Gasteiger partial charge >= 0.3 is 0 Å². The summed E-state index contributed by atoms with van der Waals surface area (Å²) in [7, 11) is 0. The van der Waals surface area contributed by atoms with Gasteiger partial charge in [0.15, 0.2) is 0 Å². The van der Waals surface area contributed by atoms with Gasteiger partial charge in [-0.05, 0) is 17.6 Å². The first-order valence-corrected chi connectivity index (χ1v) is 6.15. The second-order valence-electron chi connectivity index (χ2n) is 4.96. The Morgan fingerprint density at radius 2 is 2.21 bits per heavy atom. The van der Waals surface area contributed by atoms with Crippen molar-refractivity contribution in [1.29, 1.82) is 0 Å². The molecule has 0 aromatic rings. The van der Waals surface area contributed by atoms with Crippen LogP contribution in [0.25, 0.3) is 0 Å². The zero-order chi connectivity index (χ0) is 10.6. The molecule has 0 aromatic heterocycles. The molecule has 1 heterocycles. The Hall–Kier alpha value is 0.270. The summed E-state index contributed by atoms with van der Waals surface area (Å²) in [6.07, 6.45) is 1.57. The van der Waals surface area contributed by atoms with Crippen molar-refractivity contribution in [3.05, 3.63) is 0 Å². The van der Waals surface area contributed by atoms with Gasteiger partial charge in [0.25, 0.3) is 0 Å². The van der Waals surface area contributed by atoms with Crippen molar-refractivity contribution in [3.8, 4) is 0 Å². The maximum absolute atomic E-state index is 5.64. The largest absolute Gasteiger partial charge is 0.376 e. The first-order valence-electron chi connectivity index (χ1n) is 5.52. The lowest BCUT2D eigenvalue weighted by Crippen LogP contribution is -2.46. The number of nitrogens with zero attached hydrogens (tertiary/aromatic N) is 1. The lowest BCUT2D eigenvalue weighted by Gasteiger charge is -2.37. The molecule has 0 spiro atoms. The van der Waals surface area contributed by atoms with E-state index in [2.05, 4.69) is 38.3 Å². The first-order chi connectivity index (χ1) is 6.57. The van der Waals surface area contributed by atoms with Crippen molar-refractivity contribution in [2.24, 2.45) is 5.41 Å². The van der Waals surface area contributed by atoms with Crippen LogP contribution in [-0.2, 0) is 4.74 Å². The summed E-state index contributed by atoms with van der Waals surface area (Å²) in [5.41, 5.74) is 0.318. The topological polar surface area (TPSA) is 12.5 Å². The number of morpholine rings is 1. The molecule has 14 heavy (non-hydrogen) atoms. The zero-order valence-electron chi connectivity index (χ0n) is 9.62. The molecular formula is C11H23NOS. The molecule has 0 radical (unpaired) electrons. The van der Waals surface area contributed by atoms with E-state index >= 15 is 0 Å². The molecule has 1 aliphatic heterocycles. The van der Waals surface area contributed by atoms with Gasteiger partial charge in [-0.3, -0.25) is 4.90 Å². The number of hydrogen-bond donors (Lipinski definition) is 1. The highest BCUT2D eigenvalue weighted by Crippen LogP contribution is 2.20. The summed E-state index contributed by atoms with van der Waals surface area (Å²) in [5.74, 6) is 0.946. The van der Waals surface area contributed by atoms with Crippen molar-refractivity contribution < 1.29 is 4.74 Å². The third kappa shape index (κ3) is 3.79. The highest BCUT2D eigenvalue weighted by atomic mass is 32.1. The Balaban J connectivity index is 2.37. The van der Waals surface area contributed by atoms with Crippen molar-refractivity contribution in [2.45, 2.75) is 33.3 Å². The lowest BCUT2D eigenvalue weighted by molar-refractivity contribution is -0.0379. The summed E-state index contributed by atoms with van der Waals surface area (Å²) in [6.45, 7) is 10.9. The fourth-order valence-corrected chi connectivity index (χ4v) is 1.93. The molecule has 2 nitrogen and oxygen atoms in total. The van der Waals surface area contributed by atoms with Crippen molar-refractivity contribution in [2.75, 3.05) is 32.0 Å². The van der Waals surface area contributed by atoms with Crippen molar-refractivity contribution in [3.63, 3.8) is 0 Å². The van der Waals surface area contributed by atoms with E-state index in [0.29, 0.717) is 11.5 Å². The Bertz CT molecular complexity index is 173. The first kappa shape index (κ1) is 12.3. The summed E-state index contributed by atoms with van der Waals surface area (Å²) in [5, 5.41) is 0. The van der Waals surface area contributed by atoms with Gasteiger partial charge in [-0.25, -0.2) is 0 Å². The molecule has 0 N–H and O–H groups in total. The maximum Gasteiger partial charge on any atom is 0.0700 e. The summed E-state index contributed by atoms with van der Waals surface area (Å²) in [6, 6.07) is 0. The Kier molecular flexibility index (Phi) is 4.74. The third-order valence-electron chi connectivity index (χ3n) is 2.76. The standard InChI is InChI=1S/C11H23NOS/c1-4-10-7-12(5-6-13-10)8-11(2,3)9-14/h10,14H,4-9H2,1-3H3. The van der Waals surface area contributed by atoms with E-state index in [4.69, 9.17) is 4.74 Å². The minimum Gasteiger partial charge on any atom is -0.376 e. The molecule has 0 saturated carbocycles. The van der Waals surface area contributed by atoms with Gasteiger partial charge in [-0.2, -0.15) is 12.6 Å². The van der Waals surface area contributed by atoms with E-state index in [1.165, 1.54) is 0 Å². The van der Waals surface area contributed by atoms with Gasteiger partial charge in [0.05, 0.1) is 12.7 Å². The number of thiol groups is 1. The zero-order valence-corrected chi connectivity index (χ0v) is 10.5. The third-order valence-corrected chi connectivity index (χ3v) is 3.61. The number of ether oxygens (including phenoxy) is 1. The van der Waals surface area contributed by atoms with E-state index in [-0.39, 0.29) is 0 Å². The molecule has 0 aromatic carbocycles. The molecule has 3 heteroatoms. The van der Waals surface area contributed by atoms with Crippen LogP contribution < -0.4 is 0 Å². The Morgan fingerprint density at radius 1 is 1.50 bits per heavy atom. The minimum absolute atomic E-state index is 0.318. The molecule has 0 bridgehead atoms. The quantitative estimate of drug-likeness (QED) is 0.724. The summed E-state index contributed by atoms with van der Waals surface area (Å²) < 4.78 is 5.64. The normalized spacial score (nSPS) is 25.3. The van der Waals surface area contributed by atoms with E-state index in [1.807, 2.05) is 0 Å². The molecule has 84 valence electrons. The molecule has 1 fully saturated rings. The minimum atomic E-state index is 0.318. The van der Waals surface area contributed by atoms with Crippen LogP contribution in [-0.4, -0.2) is 43.0 Å². The van der Waals surface area contributed by atoms with Gasteiger partial charge in [0.2, 0.25) is 0 Å². The Morgan fingerprint density at radius 3 is 2.79 bits per heavy atom. The predicted molar refractivity (Wildman–Crippen MR) is 64.1 cm³/mol. The highest BCUT2D eigenvalue weighted by molar-refractivity contribution is 7.80. The molecular weight excluding hydrogens is 194 g/mol. The average molecular weight is 217 g/mol. The summed E-state index contributed by atoms with van der Waals surface area (Å²) >= 11 is 4.39. The second-order valence-corrected chi connectivity index (χ2v) is 5.27. The fraction of sp³-hybridized carbons (Fsp3) is 1.00. The van der Waals surface area contributed by atoms with E-state index < -0.39 is 0 Å². The molecule has 0 amide bonds. The van der Waals surface area contributed by atoms with Gasteiger partial charge < -0.3 is 4.74 Å². The predicted octanol–water partition coefficient (Wildman–Crippen LogP) is 2.05. The fourth-order valence-electron chi connectivity index (χ4n) is 1.83. The van der Waals surface area contributed by atoms with Gasteiger partial charge in [0, 0.05) is 19.6 Å². The Labute approximate surface area is 93.4 Å². The van der Waals surface area contributed by atoms with Crippen LogP contribution >= 0.6 is 12.6 Å². The van der Waals surface area contributed by atoms with Crippen LogP contribution in [0.3, 0.4) is 0 Å². The van der Waals surface area contributed by atoms with Crippen LogP contribution in [0.15, 0.2) is 0 Å². The van der Waals surface area contributed by atoms with Gasteiger partial charge in [-0.15, -0.1) is 0 Å². The molecule has 0 aliphatic carbocycles. The molecule has 1 unspecified atom stereocenters. The van der Waals surface area contributed by atoms with Gasteiger partial charge in [0.1, 0.15) is 0 Å². The molecule has 1 saturated heterocycles. The van der Waals surface area contributed by atoms with E-state index in [9.17, 15) is 0 Å². The van der Waals surface area contributed by atoms with Crippen LogP contribution in [0, 0.1) is 5.41 Å². The SMILES string of the molecule is CCC1CN(CC(C)(C)CS)CCO1. The van der Waals surface area contributed by atoms with Crippen LogP contribution in [0.4, 0.5) is 0 Å². The summed E-state index contributed by atoms with van der Waals surface area (Å²) in [4.78, 5) is 2.51. The number of hydrogen-bond acceptors (Lipinski definition) is 3. The number of rotatable bonds is 4. The van der Waals surface area contributed by atoms with E-state index in [0.717, 1.165) is 38.4 Å². The van der Waals surface area contributed by atoms with Crippen LogP contribution in [0.5, 0.6) is 0 Å². The van der Waals surface area contributed by atoms with Crippen molar-refractivity contribution in [1.82, 2.24) is 4.90 Å². The van der Waals surface area contributed by atoms with Crippen LogP contribution in [0.1, 0.15) is 27.2 Å². The second kappa shape index (κ2) is 5.38.